The van der Waals surface area contributed by atoms with Crippen LogP contribution in [0.1, 0.15) is 19.6 Å². The predicted molar refractivity (Wildman–Crippen MR) is 80.7 cm³/mol. The maximum absolute atomic E-state index is 11.9. The molecule has 0 radical (unpaired) electrons. The van der Waals surface area contributed by atoms with Gasteiger partial charge in [-0.25, -0.2) is 4.98 Å². The molecule has 2 rings (SSSR count). The van der Waals surface area contributed by atoms with Gasteiger partial charge in [0, 0.05) is 6.08 Å². The second-order valence-corrected chi connectivity index (χ2v) is 4.08. The molecule has 0 bridgehead atoms. The van der Waals surface area contributed by atoms with E-state index in [4.69, 9.17) is 13.9 Å². The van der Waals surface area contributed by atoms with Gasteiger partial charge in [0.1, 0.15) is 11.4 Å². The Bertz CT molecular complexity index is 638. The number of anilines is 1. The van der Waals surface area contributed by atoms with Crippen molar-refractivity contribution in [2.75, 3.05) is 18.5 Å². The molecule has 0 spiro atoms. The highest BCUT2D eigenvalue weighted by atomic mass is 16.5. The van der Waals surface area contributed by atoms with Crippen LogP contribution in [0, 0.1) is 0 Å². The van der Waals surface area contributed by atoms with Crippen LogP contribution in [0.5, 0.6) is 11.9 Å². The van der Waals surface area contributed by atoms with Gasteiger partial charge in [0.05, 0.1) is 25.7 Å². The van der Waals surface area contributed by atoms with Crippen LogP contribution in [0.4, 0.5) is 5.69 Å². The lowest BCUT2D eigenvalue weighted by atomic mass is 10.3. The van der Waals surface area contributed by atoms with E-state index in [-0.39, 0.29) is 17.8 Å². The van der Waals surface area contributed by atoms with Crippen LogP contribution in [-0.4, -0.2) is 29.1 Å². The van der Waals surface area contributed by atoms with E-state index in [1.165, 1.54) is 18.5 Å². The molecule has 2 aromatic rings. The lowest BCUT2D eigenvalue weighted by molar-refractivity contribution is -0.111. The normalized spacial score (nSPS) is 10.6. The minimum atomic E-state index is -0.342. The summed E-state index contributed by atoms with van der Waals surface area (Å²) < 4.78 is 15.7. The van der Waals surface area contributed by atoms with Crippen LogP contribution in [0.3, 0.4) is 0 Å². The lowest BCUT2D eigenvalue weighted by Crippen LogP contribution is -2.11. The first-order valence-electron chi connectivity index (χ1n) is 6.88. The number of furan rings is 1. The Balaban J connectivity index is 2.08. The highest BCUT2D eigenvalue weighted by molar-refractivity contribution is 6.02. The smallest absolute Gasteiger partial charge is 0.319 e. The van der Waals surface area contributed by atoms with Crippen molar-refractivity contribution in [3.63, 3.8) is 0 Å². The summed E-state index contributed by atoms with van der Waals surface area (Å²) in [4.78, 5) is 20.0. The second kappa shape index (κ2) is 7.82. The number of carbonyl (C=O) groups excluding carboxylic acids is 1. The van der Waals surface area contributed by atoms with Crippen LogP contribution in [-0.2, 0) is 4.79 Å². The molecule has 1 amide bonds. The molecule has 0 unspecified atom stereocenters. The number of amides is 1. The third-order valence-corrected chi connectivity index (χ3v) is 2.49. The zero-order valence-corrected chi connectivity index (χ0v) is 12.4. The summed E-state index contributed by atoms with van der Waals surface area (Å²) in [6.07, 6.45) is 5.89. The van der Waals surface area contributed by atoms with Gasteiger partial charge in [-0.15, -0.1) is 0 Å². The minimum Gasteiger partial charge on any atom is -0.476 e. The van der Waals surface area contributed by atoms with Gasteiger partial charge in [-0.1, -0.05) is 0 Å². The summed E-state index contributed by atoms with van der Waals surface area (Å²) in [7, 11) is 0. The van der Waals surface area contributed by atoms with Crippen molar-refractivity contribution in [3.05, 3.63) is 36.4 Å². The average Bonchev–Trinajstić information content (AvgIpc) is 3.02. The van der Waals surface area contributed by atoms with E-state index in [1.807, 2.05) is 13.8 Å². The van der Waals surface area contributed by atoms with Crippen molar-refractivity contribution in [1.29, 1.82) is 0 Å². The molecule has 0 fully saturated rings. The second-order valence-electron chi connectivity index (χ2n) is 4.08. The molecule has 0 aliphatic heterocycles. The third-order valence-electron chi connectivity index (χ3n) is 2.49. The molecule has 0 saturated heterocycles. The lowest BCUT2D eigenvalue weighted by Gasteiger charge is -2.10. The summed E-state index contributed by atoms with van der Waals surface area (Å²) in [5.74, 6) is 0.508. The van der Waals surface area contributed by atoms with Gasteiger partial charge in [-0.05, 0) is 32.1 Å². The molecule has 7 heteroatoms. The fourth-order valence-corrected chi connectivity index (χ4v) is 1.60. The van der Waals surface area contributed by atoms with E-state index in [2.05, 4.69) is 15.3 Å². The number of rotatable bonds is 7. The van der Waals surface area contributed by atoms with Gasteiger partial charge in [0.2, 0.25) is 11.8 Å². The van der Waals surface area contributed by atoms with Gasteiger partial charge in [-0.3, -0.25) is 4.79 Å². The number of ether oxygens (including phenoxy) is 2. The molecule has 2 aromatic heterocycles. The van der Waals surface area contributed by atoms with Crippen LogP contribution in [0.2, 0.25) is 0 Å². The van der Waals surface area contributed by atoms with Crippen molar-refractivity contribution in [2.45, 2.75) is 13.8 Å². The standard InChI is InChI=1S/C15H17N3O4/c1-3-20-14-12(10-16-15(18-14)21-4-2)17-13(19)8-7-11-6-5-9-22-11/h5-10H,3-4H2,1-2H3,(H,17,19)/b8-7+. The fraction of sp³-hybridized carbons (Fsp3) is 0.267. The number of hydrogen-bond donors (Lipinski definition) is 1. The van der Waals surface area contributed by atoms with Gasteiger partial charge >= 0.3 is 6.01 Å². The SMILES string of the molecule is CCOc1ncc(NC(=O)/C=C/c2ccco2)c(OCC)n1. The van der Waals surface area contributed by atoms with E-state index >= 15 is 0 Å². The molecular formula is C15H17N3O4. The summed E-state index contributed by atoms with van der Waals surface area (Å²) in [5.41, 5.74) is 0.374. The fourth-order valence-electron chi connectivity index (χ4n) is 1.60. The molecule has 0 aliphatic carbocycles. The van der Waals surface area contributed by atoms with Crippen LogP contribution >= 0.6 is 0 Å². The van der Waals surface area contributed by atoms with Crippen LogP contribution in [0.25, 0.3) is 6.08 Å². The summed E-state index contributed by atoms with van der Waals surface area (Å²) >= 11 is 0. The van der Waals surface area contributed by atoms with Gasteiger partial charge < -0.3 is 19.2 Å². The molecule has 0 aromatic carbocycles. The van der Waals surface area contributed by atoms with Crippen molar-refractivity contribution in [2.24, 2.45) is 0 Å². The molecule has 1 N–H and O–H groups in total. The maximum atomic E-state index is 11.9. The van der Waals surface area contributed by atoms with Crippen molar-refractivity contribution in [3.8, 4) is 11.9 Å². The number of hydrogen-bond acceptors (Lipinski definition) is 6. The molecule has 7 nitrogen and oxygen atoms in total. The molecule has 2 heterocycles. The van der Waals surface area contributed by atoms with E-state index in [9.17, 15) is 4.79 Å². The van der Waals surface area contributed by atoms with E-state index in [0.717, 1.165) is 0 Å². The van der Waals surface area contributed by atoms with Gasteiger partial charge in [-0.2, -0.15) is 4.98 Å². The quantitative estimate of drug-likeness (QED) is 0.791. The zero-order chi connectivity index (χ0) is 15.8. The Morgan fingerprint density at radius 3 is 2.86 bits per heavy atom. The van der Waals surface area contributed by atoms with E-state index in [0.29, 0.717) is 24.7 Å². The van der Waals surface area contributed by atoms with E-state index < -0.39 is 0 Å². The van der Waals surface area contributed by atoms with Crippen molar-refractivity contribution < 1.29 is 18.7 Å². The summed E-state index contributed by atoms with van der Waals surface area (Å²) in [6, 6.07) is 3.69. The molecular weight excluding hydrogens is 286 g/mol. The summed E-state index contributed by atoms with van der Waals surface area (Å²) in [6.45, 7) is 4.51. The Kier molecular flexibility index (Phi) is 5.53. The Labute approximate surface area is 128 Å². The molecule has 0 saturated carbocycles. The topological polar surface area (TPSA) is 86.5 Å². The Morgan fingerprint density at radius 2 is 2.18 bits per heavy atom. The van der Waals surface area contributed by atoms with Gasteiger partial charge in [0.15, 0.2) is 0 Å². The number of nitrogens with zero attached hydrogens (tertiary/aromatic N) is 2. The highest BCUT2D eigenvalue weighted by Crippen LogP contribution is 2.23. The predicted octanol–water partition coefficient (Wildman–Crippen LogP) is 2.52. The molecule has 116 valence electrons. The Hall–Kier alpha value is -2.83. The Morgan fingerprint density at radius 1 is 1.36 bits per heavy atom. The first kappa shape index (κ1) is 15.6. The first-order chi connectivity index (χ1) is 10.7. The average molecular weight is 303 g/mol. The summed E-state index contributed by atoms with van der Waals surface area (Å²) in [5, 5.41) is 2.65. The van der Waals surface area contributed by atoms with Crippen molar-refractivity contribution in [1.82, 2.24) is 9.97 Å². The maximum Gasteiger partial charge on any atom is 0.319 e. The van der Waals surface area contributed by atoms with Crippen molar-refractivity contribution >= 4 is 17.7 Å². The molecule has 0 aliphatic rings. The number of nitrogens with one attached hydrogen (secondary N) is 1. The van der Waals surface area contributed by atoms with Crippen LogP contribution < -0.4 is 14.8 Å². The minimum absolute atomic E-state index is 0.204. The van der Waals surface area contributed by atoms with Gasteiger partial charge in [0.25, 0.3) is 0 Å². The highest BCUT2D eigenvalue weighted by Gasteiger charge is 2.11. The van der Waals surface area contributed by atoms with E-state index in [1.54, 1.807) is 18.2 Å². The third kappa shape index (κ3) is 4.34. The largest absolute Gasteiger partial charge is 0.476 e. The zero-order valence-electron chi connectivity index (χ0n) is 12.4. The molecule has 0 atom stereocenters. The monoisotopic (exact) mass is 303 g/mol. The molecule has 22 heavy (non-hydrogen) atoms. The number of carbonyl (C=O) groups is 1. The number of aromatic nitrogens is 2. The van der Waals surface area contributed by atoms with Crippen LogP contribution in [0.15, 0.2) is 35.1 Å². The first-order valence-corrected chi connectivity index (χ1v) is 6.88.